The Balaban J connectivity index is 1.40. The molecule has 2 atom stereocenters. The van der Waals surface area contributed by atoms with Crippen LogP contribution in [0.15, 0.2) is 60.7 Å². The third kappa shape index (κ3) is 7.29. The fourth-order valence-corrected chi connectivity index (χ4v) is 5.44. The number of fused-ring (bicyclic) bond motifs is 1. The van der Waals surface area contributed by atoms with Crippen molar-refractivity contribution in [2.24, 2.45) is 5.41 Å². The number of carbonyl (C=O) groups is 1. The summed E-state index contributed by atoms with van der Waals surface area (Å²) < 4.78 is 59.4. The van der Waals surface area contributed by atoms with Crippen LogP contribution in [-0.4, -0.2) is 51.0 Å². The molecule has 0 bridgehead atoms. The number of nitrogens with one attached hydrogen (secondary N) is 1. The molecular formula is C31H32ClF3N2O6. The van der Waals surface area contributed by atoms with Gasteiger partial charge in [0.1, 0.15) is 23.3 Å². The van der Waals surface area contributed by atoms with E-state index in [0.717, 1.165) is 18.4 Å². The number of amides is 1. The molecule has 5 rings (SSSR count). The van der Waals surface area contributed by atoms with Crippen molar-refractivity contribution in [1.29, 1.82) is 0 Å². The highest BCUT2D eigenvalue weighted by atomic mass is 35.5. The van der Waals surface area contributed by atoms with Crippen LogP contribution in [0, 0.1) is 5.41 Å². The Hall–Kier alpha value is -3.67. The zero-order valence-corrected chi connectivity index (χ0v) is 24.4. The highest BCUT2D eigenvalue weighted by Gasteiger charge is 2.49. The summed E-state index contributed by atoms with van der Waals surface area (Å²) in [7, 11) is 2.99. The molecule has 0 saturated heterocycles. The second-order valence-corrected chi connectivity index (χ2v) is 11.1. The number of hydrogen-bond acceptors (Lipinski definition) is 7. The van der Waals surface area contributed by atoms with Crippen LogP contribution in [0.25, 0.3) is 0 Å². The number of nitrogens with zero attached hydrogens (tertiary/aromatic N) is 1. The summed E-state index contributed by atoms with van der Waals surface area (Å²) in [6.45, 7) is 0.621. The van der Waals surface area contributed by atoms with Gasteiger partial charge in [0, 0.05) is 54.0 Å². The molecule has 2 unspecified atom stereocenters. The third-order valence-electron chi connectivity index (χ3n) is 7.84. The number of anilines is 2. The summed E-state index contributed by atoms with van der Waals surface area (Å²) in [6.07, 6.45) is -2.92. The van der Waals surface area contributed by atoms with E-state index in [1.165, 1.54) is 37.3 Å². The molecule has 0 spiro atoms. The fourth-order valence-electron chi connectivity index (χ4n) is 5.31. The number of carbonyl (C=O) groups excluding carboxylic acids is 1. The Bertz CT molecular complexity index is 1450. The maximum Gasteiger partial charge on any atom is 0.573 e. The zero-order chi connectivity index (χ0) is 30.8. The van der Waals surface area contributed by atoms with Gasteiger partial charge in [-0.05, 0) is 55.0 Å². The molecule has 1 aliphatic carbocycles. The lowest BCUT2D eigenvalue weighted by Crippen LogP contribution is -2.37. The number of hydrogen-bond donors (Lipinski definition) is 2. The van der Waals surface area contributed by atoms with E-state index in [-0.39, 0.29) is 17.9 Å². The number of aliphatic hydroxyl groups excluding tert-OH is 1. The lowest BCUT2D eigenvalue weighted by Gasteiger charge is -2.27. The molecule has 1 amide bonds. The molecule has 12 heteroatoms. The van der Waals surface area contributed by atoms with E-state index in [0.29, 0.717) is 52.9 Å². The van der Waals surface area contributed by atoms with Gasteiger partial charge < -0.3 is 34.3 Å². The predicted octanol–water partition coefficient (Wildman–Crippen LogP) is 6.50. The van der Waals surface area contributed by atoms with Crippen LogP contribution in [-0.2, 0) is 16.0 Å². The summed E-state index contributed by atoms with van der Waals surface area (Å²) in [5.41, 5.74) is 1.91. The first-order valence-corrected chi connectivity index (χ1v) is 14.1. The molecule has 8 nitrogen and oxygen atoms in total. The molecule has 3 aromatic carbocycles. The second kappa shape index (κ2) is 12.5. The van der Waals surface area contributed by atoms with Crippen LogP contribution < -0.4 is 24.4 Å². The summed E-state index contributed by atoms with van der Waals surface area (Å²) in [5, 5.41) is 13.9. The van der Waals surface area contributed by atoms with Crippen molar-refractivity contribution in [3.05, 3.63) is 76.8 Å². The molecule has 0 radical (unpaired) electrons. The molecule has 0 aromatic heterocycles. The van der Waals surface area contributed by atoms with Gasteiger partial charge in [-0.3, -0.25) is 4.79 Å². The fraction of sp³-hybridized carbons (Fsp3) is 0.387. The van der Waals surface area contributed by atoms with Gasteiger partial charge in [0.2, 0.25) is 0 Å². The highest BCUT2D eigenvalue weighted by molar-refractivity contribution is 6.30. The third-order valence-corrected chi connectivity index (χ3v) is 8.09. The molecular weight excluding hydrogens is 589 g/mol. The van der Waals surface area contributed by atoms with Crippen molar-refractivity contribution in [3.63, 3.8) is 0 Å². The van der Waals surface area contributed by atoms with E-state index in [4.69, 9.17) is 25.8 Å². The minimum atomic E-state index is -4.86. The Morgan fingerprint density at radius 2 is 1.77 bits per heavy atom. The summed E-state index contributed by atoms with van der Waals surface area (Å²) in [4.78, 5) is 15.5. The van der Waals surface area contributed by atoms with Gasteiger partial charge in [-0.2, -0.15) is 0 Å². The predicted molar refractivity (Wildman–Crippen MR) is 155 cm³/mol. The van der Waals surface area contributed by atoms with Crippen LogP contribution in [0.2, 0.25) is 5.02 Å². The SMILES string of the molecule is COc1cc(NC(C(=O)N2CCc3ccc(OC(F)(F)F)cc32)c2ccc(Cl)cc2)cc(OCCC2(C(O)OC)CC2)c1. The Morgan fingerprint density at radius 3 is 2.42 bits per heavy atom. The van der Waals surface area contributed by atoms with Crippen LogP contribution in [0.5, 0.6) is 17.2 Å². The van der Waals surface area contributed by atoms with Gasteiger partial charge in [0.15, 0.2) is 6.29 Å². The van der Waals surface area contributed by atoms with Crippen molar-refractivity contribution in [2.75, 3.05) is 37.6 Å². The van der Waals surface area contributed by atoms with Crippen LogP contribution in [0.1, 0.15) is 36.4 Å². The normalized spacial score (nSPS) is 16.7. The number of rotatable bonds is 12. The standard InChI is InChI=1S/C31H32ClF3N2O6/c1-40-24-15-22(16-25(17-24)42-14-12-30(10-11-30)29(39)41-2)36-27(20-3-6-21(32)7-4-20)28(38)37-13-9-19-5-8-23(18-26(19)37)43-31(33,34)35/h3-8,15-18,27,29,36,39H,9-14H2,1-2H3. The Morgan fingerprint density at radius 1 is 1.05 bits per heavy atom. The van der Waals surface area contributed by atoms with Crippen LogP contribution in [0.3, 0.4) is 0 Å². The summed E-state index contributed by atoms with van der Waals surface area (Å²) in [5.74, 6) is 0.204. The van der Waals surface area contributed by atoms with Gasteiger partial charge in [0.05, 0.1) is 19.4 Å². The number of methoxy groups -OCH3 is 2. The monoisotopic (exact) mass is 620 g/mol. The van der Waals surface area contributed by atoms with Crippen molar-refractivity contribution >= 4 is 28.9 Å². The molecule has 1 fully saturated rings. The minimum absolute atomic E-state index is 0.289. The van der Waals surface area contributed by atoms with Crippen molar-refractivity contribution in [2.45, 2.75) is 44.4 Å². The van der Waals surface area contributed by atoms with E-state index in [9.17, 15) is 23.1 Å². The Labute approximate surface area is 252 Å². The van der Waals surface area contributed by atoms with Gasteiger partial charge >= 0.3 is 6.36 Å². The van der Waals surface area contributed by atoms with Gasteiger partial charge in [-0.15, -0.1) is 13.2 Å². The summed E-state index contributed by atoms with van der Waals surface area (Å²) in [6, 6.07) is 15.0. The van der Waals surface area contributed by atoms with E-state index >= 15 is 0 Å². The minimum Gasteiger partial charge on any atom is -0.497 e. The average molecular weight is 621 g/mol. The molecule has 3 aromatic rings. The number of benzene rings is 3. The van der Waals surface area contributed by atoms with E-state index in [1.54, 1.807) is 42.5 Å². The average Bonchev–Trinajstić information content (AvgIpc) is 3.65. The van der Waals surface area contributed by atoms with E-state index in [1.807, 2.05) is 0 Å². The van der Waals surface area contributed by atoms with Crippen LogP contribution in [0.4, 0.5) is 24.5 Å². The lowest BCUT2D eigenvalue weighted by molar-refractivity contribution is -0.274. The topological polar surface area (TPSA) is 89.5 Å². The Kier molecular flexibility index (Phi) is 8.96. The van der Waals surface area contributed by atoms with Gasteiger partial charge in [-0.1, -0.05) is 29.8 Å². The number of ether oxygens (including phenoxy) is 4. The molecule has 43 heavy (non-hydrogen) atoms. The summed E-state index contributed by atoms with van der Waals surface area (Å²) >= 11 is 6.12. The quantitative estimate of drug-likeness (QED) is 0.223. The zero-order valence-electron chi connectivity index (χ0n) is 23.6. The molecule has 1 saturated carbocycles. The molecule has 2 N–H and O–H groups in total. The van der Waals surface area contributed by atoms with Crippen molar-refractivity contribution in [1.82, 2.24) is 0 Å². The van der Waals surface area contributed by atoms with E-state index in [2.05, 4.69) is 10.1 Å². The highest BCUT2D eigenvalue weighted by Crippen LogP contribution is 2.52. The number of halogens is 4. The second-order valence-electron chi connectivity index (χ2n) is 10.7. The smallest absolute Gasteiger partial charge is 0.497 e. The molecule has 2 aliphatic rings. The van der Waals surface area contributed by atoms with Crippen molar-refractivity contribution in [3.8, 4) is 17.2 Å². The van der Waals surface area contributed by atoms with Crippen LogP contribution >= 0.6 is 11.6 Å². The van der Waals surface area contributed by atoms with Gasteiger partial charge in [-0.25, -0.2) is 0 Å². The maximum atomic E-state index is 14.1. The van der Waals surface area contributed by atoms with E-state index < -0.39 is 24.4 Å². The number of alkyl halides is 3. The first kappa shape index (κ1) is 30.8. The first-order valence-electron chi connectivity index (χ1n) is 13.7. The largest absolute Gasteiger partial charge is 0.573 e. The van der Waals surface area contributed by atoms with Gasteiger partial charge in [0.25, 0.3) is 5.91 Å². The number of aliphatic hydroxyl groups is 1. The lowest BCUT2D eigenvalue weighted by atomic mass is 10.0. The molecule has 1 heterocycles. The molecule has 230 valence electrons. The first-order chi connectivity index (χ1) is 20.5. The maximum absolute atomic E-state index is 14.1. The molecule has 1 aliphatic heterocycles. The van der Waals surface area contributed by atoms with Crippen molar-refractivity contribution < 1.29 is 42.0 Å².